The van der Waals surface area contributed by atoms with Crippen molar-refractivity contribution in [1.82, 2.24) is 0 Å². The fourth-order valence-electron chi connectivity index (χ4n) is 3.65. The molecule has 0 aliphatic rings. The van der Waals surface area contributed by atoms with Crippen LogP contribution in [-0.2, 0) is 20.9 Å². The lowest BCUT2D eigenvalue weighted by molar-refractivity contribution is -0.145. The number of carbonyl (C=O) groups is 2. The lowest BCUT2D eigenvalue weighted by Crippen LogP contribution is -2.04. The van der Waals surface area contributed by atoms with Gasteiger partial charge in [-0.1, -0.05) is 114 Å². The van der Waals surface area contributed by atoms with Crippen molar-refractivity contribution in [3.8, 4) is 0 Å². The zero-order valence-electron chi connectivity index (χ0n) is 18.8. The van der Waals surface area contributed by atoms with Gasteiger partial charge in [0.05, 0.1) is 0 Å². The standard InChI is InChI=1S/C26H42O4/c27-25(28)21-17-12-10-8-6-4-2-1-3-5-7-9-11-13-18-22-26(29)30-23-24-19-15-14-16-20-24/h14-16,19-20H,1-13,17-18,21-23H2,(H,27,28). The van der Waals surface area contributed by atoms with E-state index in [9.17, 15) is 9.59 Å². The van der Waals surface area contributed by atoms with E-state index < -0.39 is 5.97 Å². The Morgan fingerprint density at radius 1 is 0.600 bits per heavy atom. The smallest absolute Gasteiger partial charge is 0.306 e. The van der Waals surface area contributed by atoms with Gasteiger partial charge < -0.3 is 9.84 Å². The van der Waals surface area contributed by atoms with Crippen LogP contribution in [0.4, 0.5) is 0 Å². The fourth-order valence-corrected chi connectivity index (χ4v) is 3.65. The molecule has 0 aromatic heterocycles. The molecule has 30 heavy (non-hydrogen) atoms. The topological polar surface area (TPSA) is 63.6 Å². The molecule has 0 fully saturated rings. The molecule has 0 saturated heterocycles. The van der Waals surface area contributed by atoms with E-state index in [1.54, 1.807) is 0 Å². The average Bonchev–Trinajstić information content (AvgIpc) is 2.75. The van der Waals surface area contributed by atoms with Crippen molar-refractivity contribution < 1.29 is 19.4 Å². The number of rotatable bonds is 20. The molecule has 4 heteroatoms. The Balaban J connectivity index is 1.74. The summed E-state index contributed by atoms with van der Waals surface area (Å²) in [6, 6.07) is 9.82. The summed E-state index contributed by atoms with van der Waals surface area (Å²) in [5.41, 5.74) is 1.04. The van der Waals surface area contributed by atoms with Gasteiger partial charge in [-0.2, -0.15) is 0 Å². The molecular formula is C26H42O4. The van der Waals surface area contributed by atoms with Crippen molar-refractivity contribution in [2.24, 2.45) is 0 Å². The van der Waals surface area contributed by atoms with Crippen molar-refractivity contribution in [3.05, 3.63) is 35.9 Å². The number of hydrogen-bond acceptors (Lipinski definition) is 3. The zero-order chi connectivity index (χ0) is 21.7. The number of esters is 1. The van der Waals surface area contributed by atoms with Crippen molar-refractivity contribution in [2.75, 3.05) is 0 Å². The van der Waals surface area contributed by atoms with Gasteiger partial charge in [0, 0.05) is 12.8 Å². The molecule has 0 bridgehead atoms. The summed E-state index contributed by atoms with van der Waals surface area (Å²) in [4.78, 5) is 22.2. The van der Waals surface area contributed by atoms with E-state index in [-0.39, 0.29) is 5.97 Å². The second-order valence-electron chi connectivity index (χ2n) is 8.34. The van der Waals surface area contributed by atoms with Crippen LogP contribution in [0, 0.1) is 0 Å². The Kier molecular flexibility index (Phi) is 16.7. The molecule has 0 aliphatic carbocycles. The van der Waals surface area contributed by atoms with Crippen LogP contribution in [-0.4, -0.2) is 17.0 Å². The molecule has 0 saturated carbocycles. The molecule has 0 spiro atoms. The summed E-state index contributed by atoms with van der Waals surface area (Å²) >= 11 is 0. The van der Waals surface area contributed by atoms with E-state index in [4.69, 9.17) is 9.84 Å². The number of carboxylic acids is 1. The molecule has 1 aromatic carbocycles. The van der Waals surface area contributed by atoms with Gasteiger partial charge in [-0.25, -0.2) is 0 Å². The second-order valence-corrected chi connectivity index (χ2v) is 8.34. The molecule has 0 amide bonds. The Morgan fingerprint density at radius 3 is 1.43 bits per heavy atom. The average molecular weight is 419 g/mol. The van der Waals surface area contributed by atoms with Gasteiger partial charge in [-0.05, 0) is 18.4 Å². The van der Waals surface area contributed by atoms with E-state index in [1.165, 1.54) is 70.6 Å². The van der Waals surface area contributed by atoms with Gasteiger partial charge in [0.15, 0.2) is 0 Å². The van der Waals surface area contributed by atoms with Crippen LogP contribution in [0.25, 0.3) is 0 Å². The maximum absolute atomic E-state index is 11.7. The van der Waals surface area contributed by atoms with Crippen LogP contribution in [0.3, 0.4) is 0 Å². The van der Waals surface area contributed by atoms with Crippen molar-refractivity contribution in [3.63, 3.8) is 0 Å². The van der Waals surface area contributed by atoms with Crippen LogP contribution in [0.2, 0.25) is 0 Å². The first-order valence-electron chi connectivity index (χ1n) is 12.1. The maximum atomic E-state index is 11.7. The molecule has 0 aliphatic heterocycles. The molecule has 0 radical (unpaired) electrons. The minimum Gasteiger partial charge on any atom is -0.481 e. The number of aliphatic carboxylic acids is 1. The number of carboxylic acid groups (broad SMARTS) is 1. The summed E-state index contributed by atoms with van der Waals surface area (Å²) in [7, 11) is 0. The second kappa shape index (κ2) is 19.1. The maximum Gasteiger partial charge on any atom is 0.306 e. The first-order valence-corrected chi connectivity index (χ1v) is 12.1. The first kappa shape index (κ1) is 26.2. The summed E-state index contributed by atoms with van der Waals surface area (Å²) < 4.78 is 5.30. The van der Waals surface area contributed by atoms with Crippen LogP contribution >= 0.6 is 0 Å². The fraction of sp³-hybridized carbons (Fsp3) is 0.692. The highest BCUT2D eigenvalue weighted by Crippen LogP contribution is 2.14. The molecule has 4 nitrogen and oxygen atoms in total. The minimum absolute atomic E-state index is 0.0842. The molecule has 1 N–H and O–H groups in total. The third-order valence-electron chi connectivity index (χ3n) is 5.51. The lowest BCUT2D eigenvalue weighted by Gasteiger charge is -2.05. The first-order chi connectivity index (χ1) is 14.7. The monoisotopic (exact) mass is 418 g/mol. The van der Waals surface area contributed by atoms with Crippen molar-refractivity contribution in [2.45, 2.75) is 116 Å². The van der Waals surface area contributed by atoms with Crippen LogP contribution in [0.15, 0.2) is 30.3 Å². The quantitative estimate of drug-likeness (QED) is 0.176. The molecule has 0 unspecified atom stereocenters. The number of hydrogen-bond donors (Lipinski definition) is 1. The molecule has 1 rings (SSSR count). The van der Waals surface area contributed by atoms with Crippen molar-refractivity contribution in [1.29, 1.82) is 0 Å². The molecule has 1 aromatic rings. The van der Waals surface area contributed by atoms with E-state index in [2.05, 4.69) is 0 Å². The highest BCUT2D eigenvalue weighted by atomic mass is 16.5. The number of carbonyl (C=O) groups excluding carboxylic acids is 1. The SMILES string of the molecule is O=C(O)CCCCCCCCCCCCCCCCCC(=O)OCc1ccccc1. The molecule has 0 atom stereocenters. The predicted octanol–water partition coefficient (Wildman–Crippen LogP) is 7.45. The van der Waals surface area contributed by atoms with Crippen LogP contribution in [0.1, 0.15) is 115 Å². The number of benzene rings is 1. The normalized spacial score (nSPS) is 10.8. The van der Waals surface area contributed by atoms with Crippen molar-refractivity contribution >= 4 is 11.9 Å². The van der Waals surface area contributed by atoms with Gasteiger partial charge in [-0.3, -0.25) is 9.59 Å². The van der Waals surface area contributed by atoms with E-state index in [1.807, 2.05) is 30.3 Å². The Hall–Kier alpha value is -1.84. The van der Waals surface area contributed by atoms with E-state index in [0.717, 1.165) is 31.2 Å². The highest BCUT2D eigenvalue weighted by Gasteiger charge is 2.03. The summed E-state index contributed by atoms with van der Waals surface area (Å²) in [5.74, 6) is -0.756. The number of unbranched alkanes of at least 4 members (excludes halogenated alkanes) is 14. The zero-order valence-corrected chi connectivity index (χ0v) is 18.8. The van der Waals surface area contributed by atoms with Gasteiger partial charge in [0.25, 0.3) is 0 Å². The summed E-state index contributed by atoms with van der Waals surface area (Å²) in [6.45, 7) is 0.381. The van der Waals surface area contributed by atoms with E-state index >= 15 is 0 Å². The third-order valence-corrected chi connectivity index (χ3v) is 5.51. The Morgan fingerprint density at radius 2 is 1.00 bits per heavy atom. The Labute approximate surface area is 183 Å². The lowest BCUT2D eigenvalue weighted by atomic mass is 10.0. The van der Waals surface area contributed by atoms with Gasteiger partial charge in [0.1, 0.15) is 6.61 Å². The molecule has 170 valence electrons. The van der Waals surface area contributed by atoms with Gasteiger partial charge in [0.2, 0.25) is 0 Å². The predicted molar refractivity (Wildman–Crippen MR) is 122 cm³/mol. The van der Waals surface area contributed by atoms with E-state index in [0.29, 0.717) is 19.4 Å². The minimum atomic E-state index is -0.672. The van der Waals surface area contributed by atoms with Gasteiger partial charge >= 0.3 is 11.9 Å². The van der Waals surface area contributed by atoms with Crippen LogP contribution < -0.4 is 0 Å². The molecule has 0 heterocycles. The largest absolute Gasteiger partial charge is 0.481 e. The number of ether oxygens (including phenoxy) is 1. The highest BCUT2D eigenvalue weighted by molar-refractivity contribution is 5.69. The van der Waals surface area contributed by atoms with Gasteiger partial charge in [-0.15, -0.1) is 0 Å². The summed E-state index contributed by atoms with van der Waals surface area (Å²) in [6.07, 6.45) is 19.0. The third kappa shape index (κ3) is 17.1. The molecular weight excluding hydrogens is 376 g/mol. The summed E-state index contributed by atoms with van der Waals surface area (Å²) in [5, 5.41) is 8.58. The van der Waals surface area contributed by atoms with Crippen LogP contribution in [0.5, 0.6) is 0 Å². The Bertz CT molecular complexity index is 541.